The van der Waals surface area contributed by atoms with Crippen molar-refractivity contribution in [3.05, 3.63) is 33.9 Å². The summed E-state index contributed by atoms with van der Waals surface area (Å²) in [4.78, 5) is 26.4. The largest absolute Gasteiger partial charge is 0.497 e. The van der Waals surface area contributed by atoms with Crippen molar-refractivity contribution in [1.29, 1.82) is 0 Å². The highest BCUT2D eigenvalue weighted by Gasteiger charge is 2.21. The number of hydroxylamine groups is 1. The molecule has 1 rings (SSSR count). The lowest BCUT2D eigenvalue weighted by Gasteiger charge is -2.07. The van der Waals surface area contributed by atoms with Crippen LogP contribution in [0.2, 0.25) is 0 Å². The van der Waals surface area contributed by atoms with E-state index in [9.17, 15) is 14.9 Å². The molecule has 0 spiro atoms. The second-order valence-electron chi connectivity index (χ2n) is 3.12. The van der Waals surface area contributed by atoms with Gasteiger partial charge in [-0.1, -0.05) is 0 Å². The van der Waals surface area contributed by atoms with E-state index in [2.05, 4.69) is 9.57 Å². The van der Waals surface area contributed by atoms with Gasteiger partial charge >= 0.3 is 0 Å². The topological polar surface area (TPSA) is 99.9 Å². The molecule has 8 nitrogen and oxygen atoms in total. The summed E-state index contributed by atoms with van der Waals surface area (Å²) >= 11 is 0. The van der Waals surface area contributed by atoms with Crippen molar-refractivity contribution in [3.63, 3.8) is 0 Å². The van der Waals surface area contributed by atoms with Crippen LogP contribution in [-0.4, -0.2) is 31.8 Å². The van der Waals surface area contributed by atoms with Gasteiger partial charge in [-0.15, -0.1) is 0 Å². The smallest absolute Gasteiger partial charge is 0.282 e. The van der Waals surface area contributed by atoms with Gasteiger partial charge < -0.3 is 9.47 Å². The Morgan fingerprint density at radius 3 is 2.72 bits per heavy atom. The first-order chi connectivity index (χ1) is 8.60. The molecule has 18 heavy (non-hydrogen) atoms. The summed E-state index contributed by atoms with van der Waals surface area (Å²) in [5.41, 5.74) is 1.53. The summed E-state index contributed by atoms with van der Waals surface area (Å²) in [5, 5.41) is 10.8. The zero-order valence-corrected chi connectivity index (χ0v) is 9.84. The Kier molecular flexibility index (Phi) is 5.03. The molecule has 1 aromatic rings. The number of carbonyl (C=O) groups is 1. The molecule has 1 amide bonds. The molecule has 0 aliphatic carbocycles. The summed E-state index contributed by atoms with van der Waals surface area (Å²) in [6.45, 7) is -0.163. The van der Waals surface area contributed by atoms with Crippen LogP contribution in [0.3, 0.4) is 0 Å². The zero-order chi connectivity index (χ0) is 13.5. The Bertz CT molecular complexity index is 448. The average molecular weight is 256 g/mol. The molecule has 0 saturated carbocycles. The van der Waals surface area contributed by atoms with Crippen molar-refractivity contribution in [2.45, 2.75) is 0 Å². The van der Waals surface area contributed by atoms with Crippen LogP contribution in [-0.2, 0) is 9.57 Å². The number of carbonyl (C=O) groups excluding carboxylic acids is 1. The number of amides is 1. The van der Waals surface area contributed by atoms with Crippen LogP contribution in [0.15, 0.2) is 18.2 Å². The van der Waals surface area contributed by atoms with Gasteiger partial charge in [0.2, 0.25) is 0 Å². The number of ether oxygens (including phenoxy) is 2. The molecular weight excluding hydrogens is 244 g/mol. The van der Waals surface area contributed by atoms with Crippen LogP contribution in [0.25, 0.3) is 0 Å². The van der Waals surface area contributed by atoms with E-state index in [4.69, 9.17) is 4.74 Å². The fourth-order valence-electron chi connectivity index (χ4n) is 1.19. The molecule has 1 N–H and O–H groups in total. The Balaban J connectivity index is 2.96. The molecule has 0 heterocycles. The molecule has 0 bridgehead atoms. The number of hydrogen-bond acceptors (Lipinski definition) is 6. The number of nitro benzene ring substituents is 1. The summed E-state index contributed by atoms with van der Waals surface area (Å²) in [6.07, 6.45) is 0. The standard InChI is InChI=1S/C10H12N2O6/c1-16-6-18-11-10(13)8-5-7(17-2)3-4-9(8)12(14)15/h3-5H,6H2,1-2H3,(H,11,13). The van der Waals surface area contributed by atoms with E-state index in [1.54, 1.807) is 0 Å². The number of nitro groups is 1. The molecule has 0 saturated heterocycles. The van der Waals surface area contributed by atoms with Gasteiger partial charge in [0.25, 0.3) is 11.6 Å². The van der Waals surface area contributed by atoms with Crippen molar-refractivity contribution in [1.82, 2.24) is 5.48 Å². The minimum absolute atomic E-state index is 0.157. The van der Waals surface area contributed by atoms with Crippen molar-refractivity contribution in [2.24, 2.45) is 0 Å². The zero-order valence-electron chi connectivity index (χ0n) is 9.84. The highest BCUT2D eigenvalue weighted by atomic mass is 16.8. The van der Waals surface area contributed by atoms with Gasteiger partial charge in [-0.3, -0.25) is 14.9 Å². The van der Waals surface area contributed by atoms with E-state index >= 15 is 0 Å². The Labute approximate surface area is 103 Å². The quantitative estimate of drug-likeness (QED) is 0.351. The molecule has 8 heteroatoms. The monoisotopic (exact) mass is 256 g/mol. The van der Waals surface area contributed by atoms with E-state index in [0.29, 0.717) is 5.75 Å². The number of hydrogen-bond donors (Lipinski definition) is 1. The van der Waals surface area contributed by atoms with Gasteiger partial charge in [-0.05, 0) is 12.1 Å². The van der Waals surface area contributed by atoms with E-state index in [-0.39, 0.29) is 18.0 Å². The molecule has 0 fully saturated rings. The van der Waals surface area contributed by atoms with Gasteiger partial charge in [-0.25, -0.2) is 10.3 Å². The Morgan fingerprint density at radius 2 is 2.17 bits per heavy atom. The first-order valence-corrected chi connectivity index (χ1v) is 4.83. The highest BCUT2D eigenvalue weighted by Crippen LogP contribution is 2.23. The molecule has 0 atom stereocenters. The third-order valence-corrected chi connectivity index (χ3v) is 1.99. The van der Waals surface area contributed by atoms with E-state index in [1.165, 1.54) is 32.4 Å². The van der Waals surface area contributed by atoms with Crippen LogP contribution in [0.1, 0.15) is 10.4 Å². The third kappa shape index (κ3) is 3.40. The fraction of sp³-hybridized carbons (Fsp3) is 0.300. The maximum absolute atomic E-state index is 11.7. The van der Waals surface area contributed by atoms with E-state index in [0.717, 1.165) is 0 Å². The molecule has 98 valence electrons. The number of nitrogens with one attached hydrogen (secondary N) is 1. The maximum atomic E-state index is 11.7. The van der Waals surface area contributed by atoms with Gasteiger partial charge in [0, 0.05) is 13.2 Å². The second kappa shape index (κ2) is 6.52. The highest BCUT2D eigenvalue weighted by molar-refractivity contribution is 5.97. The lowest BCUT2D eigenvalue weighted by Crippen LogP contribution is -2.25. The Hall–Kier alpha value is -2.19. The predicted octanol–water partition coefficient (Wildman–Crippen LogP) is 0.869. The van der Waals surface area contributed by atoms with Crippen LogP contribution >= 0.6 is 0 Å². The van der Waals surface area contributed by atoms with E-state index in [1.807, 2.05) is 5.48 Å². The number of nitrogens with zero attached hydrogens (tertiary/aromatic N) is 1. The first-order valence-electron chi connectivity index (χ1n) is 4.83. The summed E-state index contributed by atoms with van der Waals surface area (Å²) in [6, 6.07) is 3.83. The van der Waals surface area contributed by atoms with Crippen molar-refractivity contribution < 1.29 is 24.0 Å². The molecule has 0 aliphatic heterocycles. The van der Waals surface area contributed by atoms with Crippen LogP contribution in [0.5, 0.6) is 5.75 Å². The minimum atomic E-state index is -0.752. The van der Waals surface area contributed by atoms with E-state index < -0.39 is 10.8 Å². The number of benzene rings is 1. The molecular formula is C10H12N2O6. The lowest BCUT2D eigenvalue weighted by atomic mass is 10.1. The summed E-state index contributed by atoms with van der Waals surface area (Å²) < 4.78 is 9.45. The molecule has 1 aromatic carbocycles. The second-order valence-corrected chi connectivity index (χ2v) is 3.12. The van der Waals surface area contributed by atoms with Crippen molar-refractivity contribution >= 4 is 11.6 Å². The molecule has 0 aromatic heterocycles. The van der Waals surface area contributed by atoms with Crippen molar-refractivity contribution in [2.75, 3.05) is 21.0 Å². The molecule has 0 unspecified atom stereocenters. The van der Waals surface area contributed by atoms with Gasteiger partial charge in [-0.2, -0.15) is 0 Å². The minimum Gasteiger partial charge on any atom is -0.497 e. The molecule has 0 aliphatic rings. The van der Waals surface area contributed by atoms with Crippen LogP contribution < -0.4 is 10.2 Å². The third-order valence-electron chi connectivity index (χ3n) is 1.99. The van der Waals surface area contributed by atoms with Crippen molar-refractivity contribution in [3.8, 4) is 5.75 Å². The Morgan fingerprint density at radius 1 is 1.44 bits per heavy atom. The normalized spacial score (nSPS) is 9.89. The summed E-state index contributed by atoms with van der Waals surface area (Å²) in [5.74, 6) is -0.421. The number of methoxy groups -OCH3 is 2. The van der Waals surface area contributed by atoms with Gasteiger partial charge in [0.05, 0.1) is 12.0 Å². The van der Waals surface area contributed by atoms with Crippen LogP contribution in [0, 0.1) is 10.1 Å². The SMILES string of the molecule is COCONC(=O)c1cc(OC)ccc1[N+](=O)[O-]. The fourth-order valence-corrected chi connectivity index (χ4v) is 1.19. The maximum Gasteiger partial charge on any atom is 0.282 e. The average Bonchev–Trinajstić information content (AvgIpc) is 2.38. The lowest BCUT2D eigenvalue weighted by molar-refractivity contribution is -0.385. The first kappa shape index (κ1) is 13.9. The molecule has 0 radical (unpaired) electrons. The van der Waals surface area contributed by atoms with Crippen LogP contribution in [0.4, 0.5) is 5.69 Å². The number of rotatable bonds is 6. The van der Waals surface area contributed by atoms with Gasteiger partial charge in [0.15, 0.2) is 6.79 Å². The summed E-state index contributed by atoms with van der Waals surface area (Å²) in [7, 11) is 2.77. The van der Waals surface area contributed by atoms with Gasteiger partial charge in [0.1, 0.15) is 11.3 Å². The predicted molar refractivity (Wildman–Crippen MR) is 60.1 cm³/mol.